The fourth-order valence-corrected chi connectivity index (χ4v) is 1.47. The van der Waals surface area contributed by atoms with Crippen molar-refractivity contribution >= 4 is 12.1 Å². The van der Waals surface area contributed by atoms with Gasteiger partial charge in [0.25, 0.3) is 0 Å². The second-order valence-corrected chi connectivity index (χ2v) is 3.65. The molecule has 0 saturated carbocycles. The summed E-state index contributed by atoms with van der Waals surface area (Å²) in [5, 5.41) is 3.13. The van der Waals surface area contributed by atoms with Crippen LogP contribution in [0.2, 0.25) is 0 Å². The molecule has 0 spiro atoms. The second-order valence-electron chi connectivity index (χ2n) is 3.65. The minimum absolute atomic E-state index is 0.403. The number of hydrogen-bond donors (Lipinski definition) is 3. The lowest BCUT2D eigenvalue weighted by Gasteiger charge is -2.09. The van der Waals surface area contributed by atoms with Gasteiger partial charge in [-0.15, -0.1) is 0 Å². The molecule has 1 heterocycles. The highest BCUT2D eigenvalue weighted by Crippen LogP contribution is 2.16. The summed E-state index contributed by atoms with van der Waals surface area (Å²) >= 11 is 0. The van der Waals surface area contributed by atoms with E-state index in [1.54, 1.807) is 11.6 Å². The van der Waals surface area contributed by atoms with Crippen molar-refractivity contribution in [1.29, 1.82) is 0 Å². The molecule has 0 radical (unpaired) electrons. The van der Waals surface area contributed by atoms with E-state index in [2.05, 4.69) is 16.1 Å². The Bertz CT molecular complexity index is 506. The molecule has 0 atom stereocenters. The molecule has 0 saturated heterocycles. The molecule has 4 N–H and O–H groups in total. The standard InChI is InChI=1S/C13H14N2O.CH4N2O/c1-14-12-7-3-2-6-11(12)10-16-13-8-4-5-9-15-13;2-3-1-4/h2-9,14H,10H2,1H3;1H,2H2,(H,3,4). The van der Waals surface area contributed by atoms with Gasteiger partial charge < -0.3 is 10.1 Å². The summed E-state index contributed by atoms with van der Waals surface area (Å²) < 4.78 is 5.58. The second kappa shape index (κ2) is 9.35. The van der Waals surface area contributed by atoms with Gasteiger partial charge in [-0.2, -0.15) is 0 Å². The van der Waals surface area contributed by atoms with Crippen LogP contribution in [0.25, 0.3) is 0 Å². The Hall–Kier alpha value is -2.60. The van der Waals surface area contributed by atoms with Gasteiger partial charge in [0.05, 0.1) is 0 Å². The fourth-order valence-electron chi connectivity index (χ4n) is 1.47. The van der Waals surface area contributed by atoms with E-state index < -0.39 is 0 Å². The quantitative estimate of drug-likeness (QED) is 0.331. The maximum Gasteiger partial charge on any atom is 0.221 e. The predicted octanol–water partition coefficient (Wildman–Crippen LogP) is 1.31. The van der Waals surface area contributed by atoms with Gasteiger partial charge in [-0.3, -0.25) is 10.2 Å². The first-order valence-electron chi connectivity index (χ1n) is 6.01. The molecule has 6 heteroatoms. The van der Waals surface area contributed by atoms with Gasteiger partial charge in [0.15, 0.2) is 0 Å². The number of nitrogens with two attached hydrogens (primary N) is 1. The molecular weight excluding hydrogens is 256 g/mol. The van der Waals surface area contributed by atoms with Crippen LogP contribution in [0, 0.1) is 0 Å². The van der Waals surface area contributed by atoms with Crippen LogP contribution in [-0.4, -0.2) is 18.4 Å². The summed E-state index contributed by atoms with van der Waals surface area (Å²) in [4.78, 5) is 13.0. The zero-order chi connectivity index (χ0) is 14.6. The van der Waals surface area contributed by atoms with E-state index in [1.807, 2.05) is 49.5 Å². The van der Waals surface area contributed by atoms with E-state index in [-0.39, 0.29) is 0 Å². The smallest absolute Gasteiger partial charge is 0.221 e. The minimum Gasteiger partial charge on any atom is -0.473 e. The van der Waals surface area contributed by atoms with Crippen molar-refractivity contribution in [3.63, 3.8) is 0 Å². The number of anilines is 1. The maximum absolute atomic E-state index is 8.94. The number of para-hydroxylation sites is 1. The Balaban J connectivity index is 0.000000444. The van der Waals surface area contributed by atoms with Gasteiger partial charge >= 0.3 is 0 Å². The number of ether oxygens (including phenoxy) is 1. The summed E-state index contributed by atoms with van der Waals surface area (Å²) in [6.45, 7) is 0.522. The van der Waals surface area contributed by atoms with Gasteiger partial charge in [-0.1, -0.05) is 24.3 Å². The fraction of sp³-hybridized carbons (Fsp3) is 0.143. The number of nitrogens with zero attached hydrogens (tertiary/aromatic N) is 1. The number of hydrazine groups is 1. The van der Waals surface area contributed by atoms with Crippen LogP contribution in [0.15, 0.2) is 48.7 Å². The molecule has 0 fully saturated rings. The molecule has 0 aliphatic rings. The molecule has 0 aliphatic carbocycles. The molecular formula is C14H18N4O2. The predicted molar refractivity (Wildman–Crippen MR) is 77.9 cm³/mol. The Morgan fingerprint density at radius 3 is 2.55 bits per heavy atom. The van der Waals surface area contributed by atoms with Crippen LogP contribution in [0.3, 0.4) is 0 Å². The molecule has 0 bridgehead atoms. The summed E-state index contributed by atoms with van der Waals surface area (Å²) in [5.74, 6) is 5.06. The van der Waals surface area contributed by atoms with Crippen molar-refractivity contribution in [2.24, 2.45) is 5.84 Å². The van der Waals surface area contributed by atoms with Crippen LogP contribution < -0.4 is 21.3 Å². The van der Waals surface area contributed by atoms with E-state index in [4.69, 9.17) is 9.53 Å². The first-order chi connectivity index (χ1) is 9.81. The molecule has 2 aromatic rings. The lowest BCUT2D eigenvalue weighted by Crippen LogP contribution is -2.18. The van der Waals surface area contributed by atoms with Gasteiger partial charge in [0.1, 0.15) is 6.61 Å². The van der Waals surface area contributed by atoms with Crippen molar-refractivity contribution in [3.8, 4) is 5.88 Å². The normalized spacial score (nSPS) is 8.90. The van der Waals surface area contributed by atoms with E-state index in [1.165, 1.54) is 0 Å². The molecule has 106 valence electrons. The third kappa shape index (κ3) is 5.36. The molecule has 2 rings (SSSR count). The largest absolute Gasteiger partial charge is 0.473 e. The highest BCUT2D eigenvalue weighted by molar-refractivity contribution is 5.50. The first-order valence-corrected chi connectivity index (χ1v) is 6.01. The topological polar surface area (TPSA) is 89.3 Å². The average molecular weight is 274 g/mol. The molecule has 0 unspecified atom stereocenters. The van der Waals surface area contributed by atoms with Crippen molar-refractivity contribution in [1.82, 2.24) is 10.4 Å². The lowest BCUT2D eigenvalue weighted by molar-refractivity contribution is -0.109. The van der Waals surface area contributed by atoms with Crippen molar-refractivity contribution in [3.05, 3.63) is 54.2 Å². The zero-order valence-electron chi connectivity index (χ0n) is 11.2. The van der Waals surface area contributed by atoms with Crippen LogP contribution in [0.4, 0.5) is 5.69 Å². The number of amides is 1. The zero-order valence-corrected chi connectivity index (χ0v) is 11.2. The average Bonchev–Trinajstić information content (AvgIpc) is 2.54. The molecule has 1 aromatic heterocycles. The van der Waals surface area contributed by atoms with Gasteiger partial charge in [-0.05, 0) is 12.1 Å². The monoisotopic (exact) mass is 274 g/mol. The number of carbonyl (C=O) groups is 1. The Morgan fingerprint density at radius 1 is 1.25 bits per heavy atom. The van der Waals surface area contributed by atoms with E-state index in [0.717, 1.165) is 11.3 Å². The Morgan fingerprint density at radius 2 is 1.95 bits per heavy atom. The molecule has 0 aliphatic heterocycles. The number of rotatable bonds is 5. The molecule has 1 amide bonds. The van der Waals surface area contributed by atoms with Gasteiger partial charge in [0.2, 0.25) is 12.3 Å². The first kappa shape index (κ1) is 15.5. The summed E-state index contributed by atoms with van der Waals surface area (Å²) in [5.41, 5.74) is 3.95. The van der Waals surface area contributed by atoms with Gasteiger partial charge in [0, 0.05) is 30.6 Å². The van der Waals surface area contributed by atoms with Crippen LogP contribution >= 0.6 is 0 Å². The number of hydrogen-bond acceptors (Lipinski definition) is 5. The summed E-state index contributed by atoms with van der Waals surface area (Å²) in [7, 11) is 1.90. The number of carbonyl (C=O) groups excluding carboxylic acids is 1. The number of aromatic nitrogens is 1. The van der Waals surface area contributed by atoms with Crippen LogP contribution in [0.5, 0.6) is 5.88 Å². The minimum atomic E-state index is 0.403. The van der Waals surface area contributed by atoms with E-state index in [9.17, 15) is 0 Å². The molecule has 1 aromatic carbocycles. The van der Waals surface area contributed by atoms with Crippen LogP contribution in [-0.2, 0) is 11.4 Å². The van der Waals surface area contributed by atoms with Crippen molar-refractivity contribution in [2.45, 2.75) is 6.61 Å². The molecule has 20 heavy (non-hydrogen) atoms. The lowest BCUT2D eigenvalue weighted by atomic mass is 10.2. The summed E-state index contributed by atoms with van der Waals surface area (Å²) in [6.07, 6.45) is 2.12. The van der Waals surface area contributed by atoms with Crippen molar-refractivity contribution < 1.29 is 9.53 Å². The number of nitrogens with one attached hydrogen (secondary N) is 2. The highest BCUT2D eigenvalue weighted by atomic mass is 16.5. The third-order valence-corrected chi connectivity index (χ3v) is 2.37. The number of pyridine rings is 1. The maximum atomic E-state index is 8.94. The third-order valence-electron chi connectivity index (χ3n) is 2.37. The SMILES string of the molecule is CNc1ccccc1COc1ccccn1.NNC=O. The summed E-state index contributed by atoms with van der Waals surface area (Å²) in [6, 6.07) is 13.7. The Labute approximate surface area is 117 Å². The highest BCUT2D eigenvalue weighted by Gasteiger charge is 2.00. The number of benzene rings is 1. The van der Waals surface area contributed by atoms with E-state index in [0.29, 0.717) is 18.9 Å². The molecule has 6 nitrogen and oxygen atoms in total. The Kier molecular flexibility index (Phi) is 7.22. The van der Waals surface area contributed by atoms with E-state index >= 15 is 0 Å². The van der Waals surface area contributed by atoms with Gasteiger partial charge in [-0.25, -0.2) is 10.8 Å². The van der Waals surface area contributed by atoms with Crippen LogP contribution in [0.1, 0.15) is 5.56 Å². The van der Waals surface area contributed by atoms with Crippen molar-refractivity contribution in [2.75, 3.05) is 12.4 Å².